The van der Waals surface area contributed by atoms with Crippen LogP contribution in [0.25, 0.3) is 0 Å². The Morgan fingerprint density at radius 1 is 1.09 bits per heavy atom. The molecule has 4 rings (SSSR count). The molecule has 0 amide bonds. The molecule has 4 aliphatic rings. The van der Waals surface area contributed by atoms with E-state index in [0.29, 0.717) is 36.0 Å². The highest BCUT2D eigenvalue weighted by Gasteiger charge is 2.72. The quantitative estimate of drug-likeness (QED) is 0.246. The molecule has 0 unspecified atom stereocenters. The van der Waals surface area contributed by atoms with Gasteiger partial charge in [0.05, 0.1) is 5.60 Å². The Hall–Kier alpha value is -1.16. The first-order valence-corrected chi connectivity index (χ1v) is 14.4. The first kappa shape index (κ1) is 26.9. The van der Waals surface area contributed by atoms with Crippen LogP contribution in [0.2, 0.25) is 0 Å². The SMILES string of the molecule is C/C=C(\CC[C@@H](C)[C@H]1CC[C@H]2[C@@H]3[C@@H](C=O)[C@]4(O)C[C@@H](OC(C)=O)CC[C@]4(C)[C@H]3CC[C@]12C)C(C)C. The zero-order chi connectivity index (χ0) is 25.8. The highest BCUT2D eigenvalue weighted by molar-refractivity contribution is 5.66. The third kappa shape index (κ3) is 4.14. The summed E-state index contributed by atoms with van der Waals surface area (Å²) in [5.41, 5.74) is 0.461. The third-order valence-electron chi connectivity index (χ3n) is 11.9. The standard InChI is InChI=1S/C31H50O4/c1-8-22(19(2)3)10-9-20(4)24-11-12-25-28-26(14-15-29(24,25)6)30(7)16-13-23(35-21(5)33)17-31(30,34)27(28)18-32/h8,18-20,23-28,34H,9-17H2,1-7H3/b22-8+/t20-,23+,24-,25+,26+,27-,28+,29-,30-,31-/m1/s1. The molecule has 35 heavy (non-hydrogen) atoms. The smallest absolute Gasteiger partial charge is 0.302 e. The minimum absolute atomic E-state index is 0.241. The van der Waals surface area contributed by atoms with Crippen molar-refractivity contribution in [3.63, 3.8) is 0 Å². The Morgan fingerprint density at radius 2 is 1.80 bits per heavy atom. The first-order valence-electron chi connectivity index (χ1n) is 14.4. The van der Waals surface area contributed by atoms with Crippen LogP contribution in [0.1, 0.15) is 106 Å². The number of allylic oxidation sites excluding steroid dienone is 2. The molecule has 0 heterocycles. The molecule has 0 aromatic heterocycles. The molecule has 0 aromatic carbocycles. The van der Waals surface area contributed by atoms with E-state index in [-0.39, 0.29) is 34.7 Å². The van der Waals surface area contributed by atoms with E-state index in [0.717, 1.165) is 25.5 Å². The first-order chi connectivity index (χ1) is 16.4. The average molecular weight is 487 g/mol. The van der Waals surface area contributed by atoms with Gasteiger partial charge >= 0.3 is 5.97 Å². The van der Waals surface area contributed by atoms with Crippen LogP contribution in [0.3, 0.4) is 0 Å². The number of esters is 1. The third-order valence-corrected chi connectivity index (χ3v) is 11.9. The number of aliphatic hydroxyl groups is 1. The van der Waals surface area contributed by atoms with Crippen molar-refractivity contribution in [3.8, 4) is 0 Å². The van der Waals surface area contributed by atoms with Crippen LogP contribution < -0.4 is 0 Å². The fourth-order valence-corrected chi connectivity index (χ4v) is 10.0. The van der Waals surface area contributed by atoms with Gasteiger partial charge in [0.25, 0.3) is 0 Å². The molecule has 1 N–H and O–H groups in total. The normalized spacial score (nSPS) is 46.0. The Bertz CT molecular complexity index is 847. The van der Waals surface area contributed by atoms with E-state index in [9.17, 15) is 14.7 Å². The van der Waals surface area contributed by atoms with Crippen LogP contribution in [-0.4, -0.2) is 29.1 Å². The number of hydrogen-bond acceptors (Lipinski definition) is 4. The summed E-state index contributed by atoms with van der Waals surface area (Å²) >= 11 is 0. The molecular formula is C31H50O4. The molecule has 4 nitrogen and oxygen atoms in total. The molecule has 198 valence electrons. The largest absolute Gasteiger partial charge is 0.462 e. The van der Waals surface area contributed by atoms with Crippen LogP contribution in [0.5, 0.6) is 0 Å². The minimum atomic E-state index is -1.07. The lowest BCUT2D eigenvalue weighted by atomic mass is 9.53. The monoisotopic (exact) mass is 486 g/mol. The lowest BCUT2D eigenvalue weighted by Gasteiger charge is -2.52. The van der Waals surface area contributed by atoms with Crippen LogP contribution in [0.15, 0.2) is 11.6 Å². The number of carbonyl (C=O) groups is 2. The van der Waals surface area contributed by atoms with Gasteiger partial charge in [0.1, 0.15) is 12.4 Å². The summed E-state index contributed by atoms with van der Waals surface area (Å²) in [7, 11) is 0. The lowest BCUT2D eigenvalue weighted by Crippen LogP contribution is -2.55. The van der Waals surface area contributed by atoms with E-state index in [2.05, 4.69) is 47.6 Å². The molecule has 0 aromatic rings. The van der Waals surface area contributed by atoms with Gasteiger partial charge in [-0.1, -0.05) is 46.3 Å². The number of aldehydes is 1. The number of fused-ring (bicyclic) bond motifs is 5. The maximum Gasteiger partial charge on any atom is 0.302 e. The van der Waals surface area contributed by atoms with Crippen molar-refractivity contribution in [2.24, 2.45) is 52.3 Å². The van der Waals surface area contributed by atoms with E-state index >= 15 is 0 Å². The Labute approximate surface area is 213 Å². The van der Waals surface area contributed by atoms with Gasteiger partial charge in [-0.15, -0.1) is 0 Å². The fraction of sp³-hybridized carbons (Fsp3) is 0.871. The van der Waals surface area contributed by atoms with Gasteiger partial charge in [0, 0.05) is 24.7 Å². The molecule has 0 bridgehead atoms. The molecular weight excluding hydrogens is 436 g/mol. The summed E-state index contributed by atoms with van der Waals surface area (Å²) in [4.78, 5) is 24.4. The van der Waals surface area contributed by atoms with Crippen LogP contribution >= 0.6 is 0 Å². The Morgan fingerprint density at radius 3 is 2.40 bits per heavy atom. The summed E-state index contributed by atoms with van der Waals surface area (Å²) in [6, 6.07) is 0. The van der Waals surface area contributed by atoms with Crippen molar-refractivity contribution >= 4 is 12.3 Å². The number of carbonyl (C=O) groups excluding carboxylic acids is 2. The molecule has 4 heteroatoms. The molecule has 0 saturated heterocycles. The summed E-state index contributed by atoms with van der Waals surface area (Å²) in [5, 5.41) is 12.2. The summed E-state index contributed by atoms with van der Waals surface area (Å²) in [5.74, 6) is 2.44. The van der Waals surface area contributed by atoms with Crippen molar-refractivity contribution in [3.05, 3.63) is 11.6 Å². The van der Waals surface area contributed by atoms with E-state index in [1.807, 2.05) is 0 Å². The Kier molecular flexibility index (Phi) is 7.39. The lowest BCUT2D eigenvalue weighted by molar-refractivity contribution is -0.174. The Balaban J connectivity index is 1.57. The zero-order valence-corrected chi connectivity index (χ0v) is 23.3. The minimum Gasteiger partial charge on any atom is -0.462 e. The average Bonchev–Trinajstić information content (AvgIpc) is 3.22. The van der Waals surface area contributed by atoms with Gasteiger partial charge in [0.2, 0.25) is 0 Å². The van der Waals surface area contributed by atoms with Gasteiger partial charge in [-0.25, -0.2) is 0 Å². The van der Waals surface area contributed by atoms with Gasteiger partial charge < -0.3 is 14.6 Å². The maximum atomic E-state index is 12.7. The van der Waals surface area contributed by atoms with E-state index in [1.165, 1.54) is 39.0 Å². The predicted molar refractivity (Wildman–Crippen MR) is 140 cm³/mol. The van der Waals surface area contributed by atoms with E-state index in [1.54, 1.807) is 5.57 Å². The van der Waals surface area contributed by atoms with Gasteiger partial charge in [-0.2, -0.15) is 0 Å². The number of rotatable bonds is 7. The fourth-order valence-electron chi connectivity index (χ4n) is 10.0. The highest BCUT2D eigenvalue weighted by Crippen LogP contribution is 2.73. The number of hydrogen-bond donors (Lipinski definition) is 1. The van der Waals surface area contributed by atoms with Crippen LogP contribution in [0, 0.1) is 52.3 Å². The molecule has 0 aliphatic heterocycles. The highest BCUT2D eigenvalue weighted by atomic mass is 16.5. The molecule has 10 atom stereocenters. The summed E-state index contributed by atoms with van der Waals surface area (Å²) in [6.45, 7) is 15.4. The molecule has 0 spiro atoms. The topological polar surface area (TPSA) is 63.6 Å². The van der Waals surface area contributed by atoms with Crippen LogP contribution in [-0.2, 0) is 14.3 Å². The zero-order valence-electron chi connectivity index (χ0n) is 23.3. The van der Waals surface area contributed by atoms with Crippen LogP contribution in [0.4, 0.5) is 0 Å². The van der Waals surface area contributed by atoms with E-state index < -0.39 is 5.60 Å². The summed E-state index contributed by atoms with van der Waals surface area (Å²) < 4.78 is 5.56. The number of ether oxygens (including phenoxy) is 1. The second kappa shape index (κ2) is 9.62. The summed E-state index contributed by atoms with van der Waals surface area (Å²) in [6.07, 6.45) is 12.3. The van der Waals surface area contributed by atoms with Crippen molar-refractivity contribution < 1.29 is 19.4 Å². The van der Waals surface area contributed by atoms with Crippen molar-refractivity contribution in [2.75, 3.05) is 0 Å². The predicted octanol–water partition coefficient (Wildman–Crippen LogP) is 6.75. The van der Waals surface area contributed by atoms with Gasteiger partial charge in [0.15, 0.2) is 0 Å². The van der Waals surface area contributed by atoms with Crippen molar-refractivity contribution in [2.45, 2.75) is 118 Å². The molecule has 4 saturated carbocycles. The molecule has 0 radical (unpaired) electrons. The second-order valence-corrected chi connectivity index (χ2v) is 13.5. The molecule has 4 aliphatic carbocycles. The van der Waals surface area contributed by atoms with Gasteiger partial charge in [-0.05, 0) is 99.2 Å². The molecule has 4 fully saturated rings. The second-order valence-electron chi connectivity index (χ2n) is 13.5. The van der Waals surface area contributed by atoms with Gasteiger partial charge in [-0.3, -0.25) is 4.79 Å². The van der Waals surface area contributed by atoms with Crippen molar-refractivity contribution in [1.82, 2.24) is 0 Å². The maximum absolute atomic E-state index is 12.7. The van der Waals surface area contributed by atoms with E-state index in [4.69, 9.17) is 4.74 Å². The van der Waals surface area contributed by atoms with Crippen molar-refractivity contribution in [1.29, 1.82) is 0 Å².